The number of hydrogen-bond donors (Lipinski definition) is 0. The average molecular weight is 346 g/mol. The van der Waals surface area contributed by atoms with Crippen molar-refractivity contribution in [1.82, 2.24) is 4.90 Å². The third-order valence-corrected chi connectivity index (χ3v) is 6.54. The molecule has 0 saturated carbocycles. The number of anilines is 1. The summed E-state index contributed by atoms with van der Waals surface area (Å²) >= 11 is 1.75. The minimum Gasteiger partial charge on any atom is -0.342 e. The number of carbonyl (C=O) groups is 2. The average Bonchev–Trinajstić information content (AvgIpc) is 2.89. The molecule has 4 nitrogen and oxygen atoms in total. The van der Waals surface area contributed by atoms with Crippen LogP contribution in [-0.4, -0.2) is 40.4 Å². The minimum atomic E-state index is -0.174. The van der Waals surface area contributed by atoms with E-state index < -0.39 is 0 Å². The molecule has 1 aromatic carbocycles. The topological polar surface area (TPSA) is 40.6 Å². The van der Waals surface area contributed by atoms with Gasteiger partial charge in [0.1, 0.15) is 0 Å². The van der Waals surface area contributed by atoms with E-state index in [1.54, 1.807) is 11.8 Å². The molecule has 2 saturated heterocycles. The van der Waals surface area contributed by atoms with Crippen molar-refractivity contribution in [3.8, 4) is 0 Å². The fourth-order valence-electron chi connectivity index (χ4n) is 3.66. The highest BCUT2D eigenvalue weighted by molar-refractivity contribution is 8.02. The first-order valence-corrected chi connectivity index (χ1v) is 9.86. The zero-order chi connectivity index (χ0) is 17.2. The Labute approximate surface area is 148 Å². The predicted octanol–water partition coefficient (Wildman–Crippen LogP) is 3.58. The molecule has 2 aliphatic rings. The van der Waals surface area contributed by atoms with Crippen LogP contribution in [0, 0.1) is 6.92 Å². The monoisotopic (exact) mass is 346 g/mol. The van der Waals surface area contributed by atoms with Gasteiger partial charge in [0.05, 0.1) is 10.6 Å². The van der Waals surface area contributed by atoms with Crippen LogP contribution in [0.15, 0.2) is 24.3 Å². The summed E-state index contributed by atoms with van der Waals surface area (Å²) in [7, 11) is 0. The number of hydrogen-bond acceptors (Lipinski definition) is 3. The van der Waals surface area contributed by atoms with Gasteiger partial charge in [-0.25, -0.2) is 0 Å². The number of aryl methyl sites for hydroxylation is 1. The smallest absolute Gasteiger partial charge is 0.238 e. The lowest BCUT2D eigenvalue weighted by molar-refractivity contribution is -0.132. The van der Waals surface area contributed by atoms with E-state index in [2.05, 4.69) is 26.0 Å². The third kappa shape index (κ3) is 3.32. The molecule has 0 N–H and O–H groups in total. The first kappa shape index (κ1) is 17.3. The van der Waals surface area contributed by atoms with Gasteiger partial charge in [0.25, 0.3) is 0 Å². The van der Waals surface area contributed by atoms with Crippen molar-refractivity contribution in [3.05, 3.63) is 29.8 Å². The van der Waals surface area contributed by atoms with Gasteiger partial charge in [-0.05, 0) is 43.9 Å². The van der Waals surface area contributed by atoms with Gasteiger partial charge in [-0.1, -0.05) is 25.5 Å². The Morgan fingerprint density at radius 3 is 2.71 bits per heavy atom. The highest BCUT2D eigenvalue weighted by atomic mass is 32.2. The summed E-state index contributed by atoms with van der Waals surface area (Å²) in [5, 5.41) is 0. The highest BCUT2D eigenvalue weighted by Gasteiger charge is 2.49. The molecule has 2 amide bonds. The molecule has 0 aliphatic carbocycles. The van der Waals surface area contributed by atoms with Gasteiger partial charge < -0.3 is 4.90 Å². The van der Waals surface area contributed by atoms with Crippen LogP contribution in [0.1, 0.15) is 44.6 Å². The zero-order valence-electron chi connectivity index (χ0n) is 14.6. The number of amides is 2. The molecule has 5 heteroatoms. The Morgan fingerprint density at radius 2 is 2.04 bits per heavy atom. The van der Waals surface area contributed by atoms with Crippen molar-refractivity contribution in [2.45, 2.75) is 50.8 Å². The number of nitrogens with zero attached hydrogens (tertiary/aromatic N) is 2. The molecule has 2 fully saturated rings. The zero-order valence-corrected chi connectivity index (χ0v) is 15.4. The van der Waals surface area contributed by atoms with Crippen LogP contribution in [0.3, 0.4) is 0 Å². The van der Waals surface area contributed by atoms with Gasteiger partial charge in [0.2, 0.25) is 11.8 Å². The van der Waals surface area contributed by atoms with Gasteiger partial charge in [-0.3, -0.25) is 14.5 Å². The van der Waals surface area contributed by atoms with E-state index in [1.807, 2.05) is 21.9 Å². The lowest BCUT2D eigenvalue weighted by Gasteiger charge is -2.44. The maximum absolute atomic E-state index is 12.5. The molecule has 0 radical (unpaired) electrons. The number of likely N-dealkylation sites (tertiary alicyclic amines) is 1. The summed E-state index contributed by atoms with van der Waals surface area (Å²) in [6.45, 7) is 5.67. The lowest BCUT2D eigenvalue weighted by atomic mass is 10.00. The summed E-state index contributed by atoms with van der Waals surface area (Å²) in [6, 6.07) is 8.18. The van der Waals surface area contributed by atoms with Crippen LogP contribution in [0.25, 0.3) is 0 Å². The molecule has 0 atom stereocenters. The Balaban J connectivity index is 1.74. The number of benzene rings is 1. The molecule has 24 heavy (non-hydrogen) atoms. The second-order valence-corrected chi connectivity index (χ2v) is 8.12. The lowest BCUT2D eigenvalue weighted by Crippen LogP contribution is -2.53. The summed E-state index contributed by atoms with van der Waals surface area (Å²) in [6.07, 6.45) is 4.37. The van der Waals surface area contributed by atoms with Crippen molar-refractivity contribution >= 4 is 29.3 Å². The molecule has 130 valence electrons. The fraction of sp³-hybridized carbons (Fsp3) is 0.579. The van der Waals surface area contributed by atoms with Crippen LogP contribution in [-0.2, 0) is 9.59 Å². The summed E-state index contributed by atoms with van der Waals surface area (Å²) in [4.78, 5) is 28.6. The van der Waals surface area contributed by atoms with Gasteiger partial charge in [0, 0.05) is 25.2 Å². The van der Waals surface area contributed by atoms with Crippen LogP contribution in [0.5, 0.6) is 0 Å². The van der Waals surface area contributed by atoms with Gasteiger partial charge in [0.15, 0.2) is 0 Å². The number of thioether (sulfide) groups is 1. The molecule has 2 aliphatic heterocycles. The predicted molar refractivity (Wildman–Crippen MR) is 99.2 cm³/mol. The van der Waals surface area contributed by atoms with E-state index in [0.29, 0.717) is 12.2 Å². The first-order valence-electron chi connectivity index (χ1n) is 8.87. The quantitative estimate of drug-likeness (QED) is 0.837. The molecule has 0 unspecified atom stereocenters. The van der Waals surface area contributed by atoms with Gasteiger partial charge >= 0.3 is 0 Å². The molecular weight excluding hydrogens is 320 g/mol. The van der Waals surface area contributed by atoms with Crippen LogP contribution in [0.2, 0.25) is 0 Å². The Morgan fingerprint density at radius 1 is 1.29 bits per heavy atom. The summed E-state index contributed by atoms with van der Waals surface area (Å²) in [5.41, 5.74) is 2.16. The molecule has 1 aromatic rings. The van der Waals surface area contributed by atoms with Crippen LogP contribution >= 0.6 is 11.8 Å². The minimum absolute atomic E-state index is 0.174. The fourth-order valence-corrected chi connectivity index (χ4v) is 4.99. The molecule has 1 spiro atoms. The Hall–Kier alpha value is -1.49. The second kappa shape index (κ2) is 7.18. The maximum Gasteiger partial charge on any atom is 0.238 e. The van der Waals surface area contributed by atoms with Crippen LogP contribution in [0.4, 0.5) is 5.69 Å². The molecular formula is C19H26N2O2S. The SMILES string of the molecule is CCCCC(=O)N1CCC2(CC1)SCC(=O)N2c1cccc(C)c1. The second-order valence-electron chi connectivity index (χ2n) is 6.79. The number of unbranched alkanes of at least 4 members (excludes halogenated alkanes) is 1. The van der Waals surface area contributed by atoms with Crippen molar-refractivity contribution in [2.75, 3.05) is 23.7 Å². The number of piperidine rings is 1. The van der Waals surface area contributed by atoms with E-state index in [4.69, 9.17) is 0 Å². The number of carbonyl (C=O) groups excluding carboxylic acids is 2. The van der Waals surface area contributed by atoms with Gasteiger partial charge in [-0.2, -0.15) is 0 Å². The van der Waals surface area contributed by atoms with Crippen LogP contribution < -0.4 is 4.90 Å². The molecule has 0 aromatic heterocycles. The molecule has 2 heterocycles. The van der Waals surface area contributed by atoms with E-state index in [0.717, 1.165) is 44.5 Å². The van der Waals surface area contributed by atoms with Crippen molar-refractivity contribution in [1.29, 1.82) is 0 Å². The normalized spacial score (nSPS) is 20.0. The largest absolute Gasteiger partial charge is 0.342 e. The Kier molecular flexibility index (Phi) is 5.18. The number of rotatable bonds is 4. The summed E-state index contributed by atoms with van der Waals surface area (Å²) < 4.78 is 0. The standard InChI is InChI=1S/C19H26N2O2S/c1-3-4-8-17(22)20-11-9-19(10-12-20)21(18(23)14-24-19)16-7-5-6-15(2)13-16/h5-7,13H,3-4,8-12,14H2,1-2H3. The van der Waals surface area contributed by atoms with Gasteiger partial charge in [-0.15, -0.1) is 11.8 Å². The highest BCUT2D eigenvalue weighted by Crippen LogP contribution is 2.46. The maximum atomic E-state index is 12.5. The summed E-state index contributed by atoms with van der Waals surface area (Å²) in [5.74, 6) is 0.997. The molecule has 0 bridgehead atoms. The van der Waals surface area contributed by atoms with E-state index in [9.17, 15) is 9.59 Å². The van der Waals surface area contributed by atoms with E-state index >= 15 is 0 Å². The van der Waals surface area contributed by atoms with Crippen molar-refractivity contribution in [2.24, 2.45) is 0 Å². The van der Waals surface area contributed by atoms with Crippen molar-refractivity contribution in [3.63, 3.8) is 0 Å². The molecule has 3 rings (SSSR count). The first-order chi connectivity index (χ1) is 11.6. The van der Waals surface area contributed by atoms with E-state index in [1.165, 1.54) is 5.56 Å². The third-order valence-electron chi connectivity index (χ3n) is 5.02. The van der Waals surface area contributed by atoms with E-state index in [-0.39, 0.29) is 16.7 Å². The Bertz CT molecular complexity index is 624. The van der Waals surface area contributed by atoms with Crippen molar-refractivity contribution < 1.29 is 9.59 Å².